The smallest absolute Gasteiger partial charge is 0.000728 e. The Bertz CT molecular complexity index is 933. The minimum Gasteiger partial charge on any atom is -0.0654 e. The van der Waals surface area contributed by atoms with E-state index < -0.39 is 0 Å². The molecule has 3 aromatic rings. The van der Waals surface area contributed by atoms with Crippen LogP contribution in [0.2, 0.25) is 0 Å². The van der Waals surface area contributed by atoms with E-state index in [1.165, 1.54) is 71.9 Å². The average Bonchev–Trinajstić information content (AvgIpc) is 3.09. The molecule has 0 heteroatoms. The Morgan fingerprint density at radius 2 is 1.26 bits per heavy atom. The molecule has 1 aliphatic rings. The van der Waals surface area contributed by atoms with Crippen LogP contribution in [0.1, 0.15) is 61.8 Å². The van der Waals surface area contributed by atoms with Gasteiger partial charge in [0.15, 0.2) is 0 Å². The first-order valence-electron chi connectivity index (χ1n) is 10.6. The molecule has 0 unspecified atom stereocenters. The van der Waals surface area contributed by atoms with Gasteiger partial charge in [-0.2, -0.15) is 0 Å². The van der Waals surface area contributed by atoms with Gasteiger partial charge in [0.1, 0.15) is 0 Å². The molecule has 0 bridgehead atoms. The van der Waals surface area contributed by atoms with Crippen LogP contribution < -0.4 is 0 Å². The normalized spacial score (nSPS) is 12.1. The maximum absolute atomic E-state index is 2.36. The molecule has 4 rings (SSSR count). The molecule has 0 N–H and O–H groups in total. The summed E-state index contributed by atoms with van der Waals surface area (Å²) in [7, 11) is 0. The third kappa shape index (κ3) is 3.46. The van der Waals surface area contributed by atoms with Crippen LogP contribution in [0.5, 0.6) is 0 Å². The standard InChI is InChI=1S/C27H30/c1-3-5-11-20-13-9-16-24(22(20)14-6-4-2)26-18-10-17-25-23-15-8-7-12-21(23)19-27(25)26/h7-10,12-13,15-18H,3-6,11,14,19H2,1-2H3. The molecule has 0 amide bonds. The monoisotopic (exact) mass is 354 g/mol. The lowest BCUT2D eigenvalue weighted by molar-refractivity contribution is 0.759. The number of benzene rings is 3. The molecule has 0 nitrogen and oxygen atoms in total. The predicted molar refractivity (Wildman–Crippen MR) is 117 cm³/mol. The number of aryl methyl sites for hydroxylation is 1. The number of hydrogen-bond acceptors (Lipinski definition) is 0. The Hall–Kier alpha value is -2.34. The Kier molecular flexibility index (Phi) is 5.43. The summed E-state index contributed by atoms with van der Waals surface area (Å²) in [6.07, 6.45) is 8.52. The summed E-state index contributed by atoms with van der Waals surface area (Å²) >= 11 is 0. The Morgan fingerprint density at radius 3 is 2.07 bits per heavy atom. The zero-order chi connectivity index (χ0) is 18.6. The zero-order valence-corrected chi connectivity index (χ0v) is 16.7. The quantitative estimate of drug-likeness (QED) is 0.320. The maximum atomic E-state index is 2.36. The third-order valence-electron chi connectivity index (χ3n) is 5.99. The van der Waals surface area contributed by atoms with E-state index in [1.54, 1.807) is 11.1 Å². The molecule has 138 valence electrons. The van der Waals surface area contributed by atoms with Crippen LogP contribution in [0.3, 0.4) is 0 Å². The van der Waals surface area contributed by atoms with Crippen LogP contribution in [0, 0.1) is 0 Å². The second-order valence-corrected chi connectivity index (χ2v) is 7.82. The van der Waals surface area contributed by atoms with Crippen molar-refractivity contribution < 1.29 is 0 Å². The topological polar surface area (TPSA) is 0 Å². The van der Waals surface area contributed by atoms with Crippen LogP contribution in [0.15, 0.2) is 60.7 Å². The number of unbranched alkanes of at least 4 members (excludes halogenated alkanes) is 2. The number of rotatable bonds is 7. The van der Waals surface area contributed by atoms with Gasteiger partial charge in [-0.3, -0.25) is 0 Å². The summed E-state index contributed by atoms with van der Waals surface area (Å²) in [5.41, 5.74) is 11.9. The first kappa shape index (κ1) is 18.0. The van der Waals surface area contributed by atoms with Crippen LogP contribution in [-0.2, 0) is 19.3 Å². The SMILES string of the molecule is CCCCc1cccc(-c2cccc3c2Cc2ccccc2-3)c1CCCC. The van der Waals surface area contributed by atoms with Gasteiger partial charge in [0, 0.05) is 0 Å². The van der Waals surface area contributed by atoms with Gasteiger partial charge < -0.3 is 0 Å². The average molecular weight is 355 g/mol. The number of hydrogen-bond donors (Lipinski definition) is 0. The van der Waals surface area contributed by atoms with E-state index in [1.807, 2.05) is 0 Å². The highest BCUT2D eigenvalue weighted by Crippen LogP contribution is 2.42. The molecule has 0 spiro atoms. The van der Waals surface area contributed by atoms with Gasteiger partial charge in [-0.1, -0.05) is 87.4 Å². The first-order chi connectivity index (χ1) is 13.3. The fourth-order valence-electron chi connectivity index (χ4n) is 4.55. The van der Waals surface area contributed by atoms with Crippen molar-refractivity contribution in [1.29, 1.82) is 0 Å². The van der Waals surface area contributed by atoms with E-state index in [9.17, 15) is 0 Å². The predicted octanol–water partition coefficient (Wildman–Crippen LogP) is 7.61. The van der Waals surface area contributed by atoms with E-state index in [2.05, 4.69) is 74.5 Å². The number of fused-ring (bicyclic) bond motifs is 3. The van der Waals surface area contributed by atoms with Crippen LogP contribution in [0.4, 0.5) is 0 Å². The van der Waals surface area contributed by atoms with Crippen LogP contribution in [-0.4, -0.2) is 0 Å². The highest BCUT2D eigenvalue weighted by molar-refractivity contribution is 5.85. The summed E-state index contributed by atoms with van der Waals surface area (Å²) < 4.78 is 0. The molecule has 3 aromatic carbocycles. The second-order valence-electron chi connectivity index (χ2n) is 7.82. The largest absolute Gasteiger partial charge is 0.0654 e. The van der Waals surface area contributed by atoms with E-state index in [0.29, 0.717) is 0 Å². The molecule has 0 aromatic heterocycles. The highest BCUT2D eigenvalue weighted by Gasteiger charge is 2.22. The molecule has 0 aliphatic heterocycles. The first-order valence-corrected chi connectivity index (χ1v) is 10.6. The van der Waals surface area contributed by atoms with Gasteiger partial charge in [0.2, 0.25) is 0 Å². The van der Waals surface area contributed by atoms with Crippen molar-refractivity contribution in [2.24, 2.45) is 0 Å². The van der Waals surface area contributed by atoms with Crippen molar-refractivity contribution in [2.45, 2.75) is 58.8 Å². The molecular weight excluding hydrogens is 324 g/mol. The Balaban J connectivity index is 1.83. The van der Waals surface area contributed by atoms with Crippen LogP contribution >= 0.6 is 0 Å². The molecule has 0 heterocycles. The summed E-state index contributed by atoms with van der Waals surface area (Å²) in [6.45, 7) is 4.59. The summed E-state index contributed by atoms with van der Waals surface area (Å²) in [6, 6.07) is 22.8. The van der Waals surface area contributed by atoms with Crippen molar-refractivity contribution in [3.05, 3.63) is 82.9 Å². The van der Waals surface area contributed by atoms with Gasteiger partial charge in [0.25, 0.3) is 0 Å². The summed E-state index contributed by atoms with van der Waals surface area (Å²) in [5, 5.41) is 0. The maximum Gasteiger partial charge on any atom is -0.000728 e. The van der Waals surface area contributed by atoms with Gasteiger partial charge in [-0.25, -0.2) is 0 Å². The van der Waals surface area contributed by atoms with Crippen molar-refractivity contribution in [1.82, 2.24) is 0 Å². The Morgan fingerprint density at radius 1 is 0.630 bits per heavy atom. The fourth-order valence-corrected chi connectivity index (χ4v) is 4.55. The minimum atomic E-state index is 1.06. The fraction of sp³-hybridized carbons (Fsp3) is 0.333. The zero-order valence-electron chi connectivity index (χ0n) is 16.7. The van der Waals surface area contributed by atoms with E-state index in [4.69, 9.17) is 0 Å². The van der Waals surface area contributed by atoms with E-state index >= 15 is 0 Å². The highest BCUT2D eigenvalue weighted by atomic mass is 14.3. The van der Waals surface area contributed by atoms with Gasteiger partial charge in [0.05, 0.1) is 0 Å². The molecule has 1 aliphatic carbocycles. The van der Waals surface area contributed by atoms with E-state index in [0.717, 1.165) is 6.42 Å². The van der Waals surface area contributed by atoms with Crippen molar-refractivity contribution in [3.63, 3.8) is 0 Å². The summed E-state index contributed by atoms with van der Waals surface area (Å²) in [5.74, 6) is 0. The molecule has 27 heavy (non-hydrogen) atoms. The lowest BCUT2D eigenvalue weighted by Crippen LogP contribution is -2.00. The lowest BCUT2D eigenvalue weighted by Gasteiger charge is -2.17. The second kappa shape index (κ2) is 8.13. The third-order valence-corrected chi connectivity index (χ3v) is 5.99. The molecule has 0 saturated carbocycles. The molecule has 0 saturated heterocycles. The Labute approximate surface area is 164 Å². The van der Waals surface area contributed by atoms with E-state index in [-0.39, 0.29) is 0 Å². The molecule has 0 fully saturated rings. The van der Waals surface area contributed by atoms with Gasteiger partial charge >= 0.3 is 0 Å². The molecular formula is C27H30. The van der Waals surface area contributed by atoms with Gasteiger partial charge in [-0.05, 0) is 76.6 Å². The van der Waals surface area contributed by atoms with Crippen molar-refractivity contribution in [3.8, 4) is 22.3 Å². The summed E-state index contributed by atoms with van der Waals surface area (Å²) in [4.78, 5) is 0. The minimum absolute atomic E-state index is 1.06. The molecule has 0 radical (unpaired) electrons. The van der Waals surface area contributed by atoms with Gasteiger partial charge in [-0.15, -0.1) is 0 Å². The van der Waals surface area contributed by atoms with Crippen molar-refractivity contribution in [2.75, 3.05) is 0 Å². The van der Waals surface area contributed by atoms with Crippen LogP contribution in [0.25, 0.3) is 22.3 Å². The molecule has 0 atom stereocenters. The van der Waals surface area contributed by atoms with Crippen molar-refractivity contribution >= 4 is 0 Å². The lowest BCUT2D eigenvalue weighted by atomic mass is 9.87.